The highest BCUT2D eigenvalue weighted by molar-refractivity contribution is 5.96. The summed E-state index contributed by atoms with van der Waals surface area (Å²) < 4.78 is 10.7. The summed E-state index contributed by atoms with van der Waals surface area (Å²) in [5, 5.41) is 3.10. The quantitative estimate of drug-likeness (QED) is 0.680. The maximum Gasteiger partial charge on any atom is 0.308 e. The standard InChI is InChI=1S/C25H36N2O5/c1-31-25(30)16-10-12-17(13-11-16)26-23(28)22-20(15-18-7-6-14-32-18)19-8-4-2-3-5-9-21(19)27-24(22)29/h16-18H,2-15H2,1H3,(H,26,28)(H,27,29). The summed E-state index contributed by atoms with van der Waals surface area (Å²) >= 11 is 0. The lowest BCUT2D eigenvalue weighted by atomic mass is 9.85. The Balaban J connectivity index is 1.57. The monoisotopic (exact) mass is 444 g/mol. The minimum Gasteiger partial charge on any atom is -0.469 e. The van der Waals surface area contributed by atoms with Crippen molar-refractivity contribution in [2.75, 3.05) is 13.7 Å². The second-order valence-electron chi connectivity index (χ2n) is 9.56. The molecule has 2 aliphatic carbocycles. The molecule has 0 spiro atoms. The molecule has 2 fully saturated rings. The van der Waals surface area contributed by atoms with Gasteiger partial charge in [0.15, 0.2) is 0 Å². The number of carbonyl (C=O) groups excluding carboxylic acids is 2. The van der Waals surface area contributed by atoms with Crippen LogP contribution in [0.25, 0.3) is 0 Å². The zero-order chi connectivity index (χ0) is 22.5. The molecule has 7 heteroatoms. The maximum atomic E-state index is 13.4. The lowest BCUT2D eigenvalue weighted by molar-refractivity contribution is -0.146. The first kappa shape index (κ1) is 23.0. The van der Waals surface area contributed by atoms with E-state index in [1.165, 1.54) is 25.5 Å². The molecule has 1 unspecified atom stereocenters. The molecule has 0 radical (unpaired) electrons. The van der Waals surface area contributed by atoms with Crippen LogP contribution in [0.1, 0.15) is 91.4 Å². The Labute approximate surface area is 189 Å². The van der Waals surface area contributed by atoms with E-state index in [0.717, 1.165) is 69.2 Å². The van der Waals surface area contributed by atoms with E-state index in [4.69, 9.17) is 9.47 Å². The van der Waals surface area contributed by atoms with Crippen molar-refractivity contribution < 1.29 is 19.1 Å². The zero-order valence-electron chi connectivity index (χ0n) is 19.2. The fraction of sp³-hybridized carbons (Fsp3) is 0.720. The van der Waals surface area contributed by atoms with Gasteiger partial charge < -0.3 is 19.8 Å². The van der Waals surface area contributed by atoms with E-state index in [-0.39, 0.29) is 41.1 Å². The minimum absolute atomic E-state index is 0.0274. The van der Waals surface area contributed by atoms with Crippen LogP contribution in [0.3, 0.4) is 0 Å². The number of nitrogens with one attached hydrogen (secondary N) is 2. The molecule has 1 saturated heterocycles. The summed E-state index contributed by atoms with van der Waals surface area (Å²) in [7, 11) is 1.42. The largest absolute Gasteiger partial charge is 0.469 e. The van der Waals surface area contributed by atoms with Crippen LogP contribution in [0.2, 0.25) is 0 Å². The SMILES string of the molecule is COC(=O)C1CCC(NC(=O)c2c(CC3CCCO3)c3c([nH]c2=O)CCCCCC3)CC1. The van der Waals surface area contributed by atoms with E-state index >= 15 is 0 Å². The molecular formula is C25H36N2O5. The fourth-order valence-corrected chi connectivity index (χ4v) is 5.61. The van der Waals surface area contributed by atoms with Gasteiger partial charge in [-0.1, -0.05) is 12.8 Å². The average molecular weight is 445 g/mol. The molecule has 4 rings (SSSR count). The Morgan fingerprint density at radius 2 is 1.78 bits per heavy atom. The van der Waals surface area contributed by atoms with E-state index in [1.807, 2.05) is 0 Å². The van der Waals surface area contributed by atoms with Crippen LogP contribution in [0, 0.1) is 5.92 Å². The Morgan fingerprint density at radius 3 is 2.47 bits per heavy atom. The van der Waals surface area contributed by atoms with Gasteiger partial charge in [0.05, 0.1) is 19.1 Å². The number of esters is 1. The zero-order valence-corrected chi connectivity index (χ0v) is 19.2. The first-order valence-corrected chi connectivity index (χ1v) is 12.3. The van der Waals surface area contributed by atoms with Gasteiger partial charge in [-0.2, -0.15) is 0 Å². The van der Waals surface area contributed by atoms with Crippen LogP contribution in [0.4, 0.5) is 0 Å². The summed E-state index contributed by atoms with van der Waals surface area (Å²) in [6.45, 7) is 0.751. The van der Waals surface area contributed by atoms with Crippen molar-refractivity contribution in [3.63, 3.8) is 0 Å². The number of carbonyl (C=O) groups is 2. The van der Waals surface area contributed by atoms with Crippen molar-refractivity contribution in [2.45, 2.75) is 95.6 Å². The van der Waals surface area contributed by atoms with E-state index < -0.39 is 0 Å². The van der Waals surface area contributed by atoms with Crippen molar-refractivity contribution in [3.05, 3.63) is 32.7 Å². The molecule has 176 valence electrons. The second kappa shape index (κ2) is 10.6. The highest BCUT2D eigenvalue weighted by Crippen LogP contribution is 2.28. The van der Waals surface area contributed by atoms with Gasteiger partial charge >= 0.3 is 5.97 Å². The number of pyridine rings is 1. The predicted molar refractivity (Wildman–Crippen MR) is 121 cm³/mol. The normalized spacial score (nSPS) is 26.0. The molecule has 2 heterocycles. The first-order valence-electron chi connectivity index (χ1n) is 12.3. The molecule has 2 N–H and O–H groups in total. The molecule has 1 aromatic rings. The number of methoxy groups -OCH3 is 1. The van der Waals surface area contributed by atoms with E-state index in [2.05, 4.69) is 10.3 Å². The molecule has 1 aliphatic heterocycles. The molecule has 1 atom stereocenters. The molecular weight excluding hydrogens is 408 g/mol. The van der Waals surface area contributed by atoms with Crippen LogP contribution < -0.4 is 10.9 Å². The predicted octanol–water partition coefficient (Wildman–Crippen LogP) is 3.22. The Morgan fingerprint density at radius 1 is 1.03 bits per heavy atom. The van der Waals surface area contributed by atoms with Gasteiger partial charge in [-0.15, -0.1) is 0 Å². The number of aryl methyl sites for hydroxylation is 1. The third kappa shape index (κ3) is 5.25. The van der Waals surface area contributed by atoms with E-state index in [9.17, 15) is 14.4 Å². The van der Waals surface area contributed by atoms with Crippen LogP contribution in [-0.2, 0) is 33.5 Å². The van der Waals surface area contributed by atoms with Gasteiger partial charge in [0.2, 0.25) is 0 Å². The van der Waals surface area contributed by atoms with Gasteiger partial charge in [0.25, 0.3) is 11.5 Å². The van der Waals surface area contributed by atoms with Gasteiger partial charge in [0, 0.05) is 18.3 Å². The Hall–Kier alpha value is -2.15. The Kier molecular flexibility index (Phi) is 7.66. The smallest absolute Gasteiger partial charge is 0.308 e. The van der Waals surface area contributed by atoms with Gasteiger partial charge in [-0.3, -0.25) is 14.4 Å². The average Bonchev–Trinajstić information content (AvgIpc) is 3.28. The van der Waals surface area contributed by atoms with Crippen molar-refractivity contribution in [2.24, 2.45) is 5.92 Å². The molecule has 1 aromatic heterocycles. The van der Waals surface area contributed by atoms with Gasteiger partial charge in [-0.05, 0) is 81.8 Å². The maximum absolute atomic E-state index is 13.4. The van der Waals surface area contributed by atoms with Crippen molar-refractivity contribution >= 4 is 11.9 Å². The third-order valence-corrected chi connectivity index (χ3v) is 7.41. The summed E-state index contributed by atoms with van der Waals surface area (Å²) in [6, 6.07) is -0.0274. The summed E-state index contributed by atoms with van der Waals surface area (Å²) in [5.74, 6) is -0.555. The van der Waals surface area contributed by atoms with Gasteiger partial charge in [-0.25, -0.2) is 0 Å². The summed E-state index contributed by atoms with van der Waals surface area (Å²) in [4.78, 5) is 41.4. The first-order chi connectivity index (χ1) is 15.6. The molecule has 1 amide bonds. The number of hydrogen-bond donors (Lipinski definition) is 2. The van der Waals surface area contributed by atoms with E-state index in [0.29, 0.717) is 19.3 Å². The fourth-order valence-electron chi connectivity index (χ4n) is 5.61. The summed E-state index contributed by atoms with van der Waals surface area (Å²) in [5.41, 5.74) is 3.07. The van der Waals surface area contributed by atoms with Gasteiger partial charge in [0.1, 0.15) is 5.56 Å². The second-order valence-corrected chi connectivity index (χ2v) is 9.56. The molecule has 0 bridgehead atoms. The molecule has 0 aromatic carbocycles. The number of aromatic nitrogens is 1. The summed E-state index contributed by atoms with van der Waals surface area (Å²) in [6.07, 6.45) is 11.8. The van der Waals surface area contributed by atoms with Crippen molar-refractivity contribution in [1.29, 1.82) is 0 Å². The molecule has 1 saturated carbocycles. The number of fused-ring (bicyclic) bond motifs is 1. The van der Waals surface area contributed by atoms with Crippen LogP contribution in [0.15, 0.2) is 4.79 Å². The highest BCUT2D eigenvalue weighted by Gasteiger charge is 2.31. The number of H-pyrrole nitrogens is 1. The topological polar surface area (TPSA) is 97.5 Å². The Bertz CT molecular complexity index is 879. The van der Waals surface area contributed by atoms with Crippen molar-refractivity contribution in [3.8, 4) is 0 Å². The van der Waals surface area contributed by atoms with E-state index in [1.54, 1.807) is 0 Å². The van der Waals surface area contributed by atoms with Crippen molar-refractivity contribution in [1.82, 2.24) is 10.3 Å². The van der Waals surface area contributed by atoms with Crippen LogP contribution in [-0.4, -0.2) is 42.7 Å². The highest BCUT2D eigenvalue weighted by atomic mass is 16.5. The number of aromatic amines is 1. The number of hydrogen-bond acceptors (Lipinski definition) is 5. The van der Waals surface area contributed by atoms with Crippen LogP contribution in [0.5, 0.6) is 0 Å². The molecule has 3 aliphatic rings. The number of amides is 1. The lowest BCUT2D eigenvalue weighted by Crippen LogP contribution is -2.42. The molecule has 32 heavy (non-hydrogen) atoms. The number of rotatable bonds is 5. The number of ether oxygens (including phenoxy) is 2. The van der Waals surface area contributed by atoms with Crippen LogP contribution >= 0.6 is 0 Å². The minimum atomic E-state index is -0.286. The third-order valence-electron chi connectivity index (χ3n) is 7.41. The lowest BCUT2D eigenvalue weighted by Gasteiger charge is -2.28. The molecule has 7 nitrogen and oxygen atoms in total.